The minimum absolute atomic E-state index is 0.679. The minimum Gasteiger partial charge on any atom is -0.346 e. The Balaban J connectivity index is 0.000000704. The van der Waals surface area contributed by atoms with Gasteiger partial charge in [-0.2, -0.15) is 0 Å². The second-order valence-electron chi connectivity index (χ2n) is 4.34. The zero-order valence-corrected chi connectivity index (χ0v) is 12.0. The van der Waals surface area contributed by atoms with Crippen LogP contribution < -0.4 is 0 Å². The van der Waals surface area contributed by atoms with Crippen LogP contribution in [-0.4, -0.2) is 16.3 Å². The van der Waals surface area contributed by atoms with Gasteiger partial charge in [-0.05, 0) is 30.2 Å². The number of pyridine rings is 1. The number of nitrogens with zero attached hydrogens (tertiary/aromatic N) is 1. The van der Waals surface area contributed by atoms with Crippen LogP contribution in [0.25, 0.3) is 22.2 Å². The zero-order valence-electron chi connectivity index (χ0n) is 12.0. The molecule has 3 aromatic rings. The van der Waals surface area contributed by atoms with Gasteiger partial charge in [0.15, 0.2) is 0 Å². The smallest absolute Gasteiger partial charge is 0.150 e. The van der Waals surface area contributed by atoms with Gasteiger partial charge in [-0.3, -0.25) is 4.79 Å². The molecule has 0 atom stereocenters. The SMILES string of the molecule is CC.Cc1c[nH]c2ncc(-c3cccc(C=O)c3)cc12. The van der Waals surface area contributed by atoms with Crippen LogP contribution in [0, 0.1) is 6.92 Å². The van der Waals surface area contributed by atoms with Gasteiger partial charge in [0.2, 0.25) is 0 Å². The predicted molar refractivity (Wildman–Crippen MR) is 83.0 cm³/mol. The molecule has 20 heavy (non-hydrogen) atoms. The largest absolute Gasteiger partial charge is 0.346 e. The summed E-state index contributed by atoms with van der Waals surface area (Å²) in [6, 6.07) is 9.63. The Morgan fingerprint density at radius 1 is 1.15 bits per heavy atom. The van der Waals surface area contributed by atoms with E-state index in [0.717, 1.165) is 28.4 Å². The number of rotatable bonds is 2. The average molecular weight is 266 g/mol. The van der Waals surface area contributed by atoms with Crippen LogP contribution in [0.1, 0.15) is 29.8 Å². The van der Waals surface area contributed by atoms with Crippen LogP contribution in [0.15, 0.2) is 42.7 Å². The fourth-order valence-electron chi connectivity index (χ4n) is 2.08. The van der Waals surface area contributed by atoms with Crippen molar-refractivity contribution in [3.63, 3.8) is 0 Å². The summed E-state index contributed by atoms with van der Waals surface area (Å²) in [6.07, 6.45) is 4.63. The highest BCUT2D eigenvalue weighted by Crippen LogP contribution is 2.24. The summed E-state index contributed by atoms with van der Waals surface area (Å²) in [5.74, 6) is 0. The van der Waals surface area contributed by atoms with Crippen molar-refractivity contribution < 1.29 is 4.79 Å². The topological polar surface area (TPSA) is 45.8 Å². The molecule has 1 aromatic carbocycles. The highest BCUT2D eigenvalue weighted by atomic mass is 16.1. The van der Waals surface area contributed by atoms with Crippen LogP contribution in [-0.2, 0) is 0 Å². The first-order chi connectivity index (χ1) is 9.78. The third-order valence-electron chi connectivity index (χ3n) is 3.09. The number of H-pyrrole nitrogens is 1. The molecule has 0 saturated carbocycles. The molecule has 1 N–H and O–H groups in total. The third kappa shape index (κ3) is 2.62. The lowest BCUT2D eigenvalue weighted by Gasteiger charge is -2.02. The van der Waals surface area contributed by atoms with Crippen molar-refractivity contribution in [2.24, 2.45) is 0 Å². The molecule has 0 aliphatic heterocycles. The normalized spacial score (nSPS) is 9.95. The number of hydrogen-bond donors (Lipinski definition) is 1. The standard InChI is InChI=1S/C15H12N2O.C2H6/c1-10-7-16-15-14(10)6-13(8-17-15)12-4-2-3-11(5-12)9-18;1-2/h2-9H,1H3,(H,16,17);1-2H3. The van der Waals surface area contributed by atoms with E-state index in [4.69, 9.17) is 0 Å². The van der Waals surface area contributed by atoms with Crippen molar-refractivity contribution in [2.45, 2.75) is 20.8 Å². The molecule has 3 rings (SSSR count). The lowest BCUT2D eigenvalue weighted by molar-refractivity contribution is 0.112. The van der Waals surface area contributed by atoms with E-state index in [1.54, 1.807) is 6.07 Å². The van der Waals surface area contributed by atoms with Gasteiger partial charge in [-0.1, -0.05) is 32.0 Å². The zero-order chi connectivity index (χ0) is 14.5. The van der Waals surface area contributed by atoms with E-state index < -0.39 is 0 Å². The number of nitrogens with one attached hydrogen (secondary N) is 1. The van der Waals surface area contributed by atoms with E-state index in [1.807, 2.05) is 51.4 Å². The highest BCUT2D eigenvalue weighted by molar-refractivity contribution is 5.85. The molecule has 0 saturated heterocycles. The summed E-state index contributed by atoms with van der Waals surface area (Å²) in [5, 5.41) is 1.11. The number of aldehydes is 1. The molecule has 3 heteroatoms. The first-order valence-electron chi connectivity index (χ1n) is 6.77. The second kappa shape index (κ2) is 6.15. The number of carbonyl (C=O) groups excluding carboxylic acids is 1. The quantitative estimate of drug-likeness (QED) is 0.700. The van der Waals surface area contributed by atoms with Gasteiger partial charge in [0.25, 0.3) is 0 Å². The Labute approximate surface area is 118 Å². The molecule has 0 amide bonds. The minimum atomic E-state index is 0.679. The van der Waals surface area contributed by atoms with E-state index in [9.17, 15) is 4.79 Å². The summed E-state index contributed by atoms with van der Waals surface area (Å²) in [6.45, 7) is 6.05. The molecule has 0 aliphatic carbocycles. The average Bonchev–Trinajstić information content (AvgIpc) is 2.90. The number of aromatic nitrogens is 2. The predicted octanol–water partition coefficient (Wildman–Crippen LogP) is 4.38. The van der Waals surface area contributed by atoms with Crippen molar-refractivity contribution in [2.75, 3.05) is 0 Å². The van der Waals surface area contributed by atoms with Crippen LogP contribution in [0.2, 0.25) is 0 Å². The van der Waals surface area contributed by atoms with Crippen molar-refractivity contribution in [3.8, 4) is 11.1 Å². The molecule has 2 aromatic heterocycles. The Morgan fingerprint density at radius 3 is 2.70 bits per heavy atom. The molecule has 2 heterocycles. The summed E-state index contributed by atoms with van der Waals surface area (Å²) < 4.78 is 0. The molecule has 0 bridgehead atoms. The molecule has 3 nitrogen and oxygen atoms in total. The van der Waals surface area contributed by atoms with Gasteiger partial charge in [0, 0.05) is 28.9 Å². The van der Waals surface area contributed by atoms with Gasteiger partial charge in [0.1, 0.15) is 11.9 Å². The molecule has 0 aliphatic rings. The fourth-order valence-corrected chi connectivity index (χ4v) is 2.08. The van der Waals surface area contributed by atoms with Crippen molar-refractivity contribution >= 4 is 17.3 Å². The first-order valence-corrected chi connectivity index (χ1v) is 6.77. The maximum absolute atomic E-state index is 10.8. The Hall–Kier alpha value is -2.42. The maximum atomic E-state index is 10.8. The second-order valence-corrected chi connectivity index (χ2v) is 4.34. The van der Waals surface area contributed by atoms with E-state index in [0.29, 0.717) is 5.56 Å². The number of benzene rings is 1. The Morgan fingerprint density at radius 2 is 1.95 bits per heavy atom. The molecular weight excluding hydrogens is 248 g/mol. The van der Waals surface area contributed by atoms with Crippen LogP contribution in [0.4, 0.5) is 0 Å². The van der Waals surface area contributed by atoms with E-state index in [-0.39, 0.29) is 0 Å². The number of aromatic amines is 1. The summed E-state index contributed by atoms with van der Waals surface area (Å²) >= 11 is 0. The van der Waals surface area contributed by atoms with Gasteiger partial charge in [0.05, 0.1) is 0 Å². The molecule has 0 radical (unpaired) electrons. The summed E-state index contributed by atoms with van der Waals surface area (Å²) in [4.78, 5) is 18.3. The number of aryl methyl sites for hydroxylation is 1. The van der Waals surface area contributed by atoms with Crippen molar-refractivity contribution in [1.82, 2.24) is 9.97 Å². The number of carbonyl (C=O) groups is 1. The van der Waals surface area contributed by atoms with Crippen molar-refractivity contribution in [3.05, 3.63) is 53.9 Å². The molecule has 0 fully saturated rings. The maximum Gasteiger partial charge on any atom is 0.150 e. The lowest BCUT2D eigenvalue weighted by atomic mass is 10.0. The molecular formula is C17H18N2O. The summed E-state index contributed by atoms with van der Waals surface area (Å²) in [5.41, 5.74) is 4.77. The van der Waals surface area contributed by atoms with Crippen molar-refractivity contribution in [1.29, 1.82) is 0 Å². The van der Waals surface area contributed by atoms with Gasteiger partial charge in [-0.25, -0.2) is 4.98 Å². The Kier molecular flexibility index (Phi) is 4.31. The fraction of sp³-hybridized carbons (Fsp3) is 0.176. The van der Waals surface area contributed by atoms with Gasteiger partial charge < -0.3 is 4.98 Å². The van der Waals surface area contributed by atoms with Crippen LogP contribution in [0.5, 0.6) is 0 Å². The number of fused-ring (bicyclic) bond motifs is 1. The van der Waals surface area contributed by atoms with Gasteiger partial charge >= 0.3 is 0 Å². The Bertz CT molecular complexity index is 729. The van der Waals surface area contributed by atoms with E-state index >= 15 is 0 Å². The molecule has 0 unspecified atom stereocenters. The van der Waals surface area contributed by atoms with Crippen LogP contribution in [0.3, 0.4) is 0 Å². The van der Waals surface area contributed by atoms with Crippen LogP contribution >= 0.6 is 0 Å². The lowest BCUT2D eigenvalue weighted by Crippen LogP contribution is -1.84. The van der Waals surface area contributed by atoms with E-state index in [1.165, 1.54) is 5.56 Å². The van der Waals surface area contributed by atoms with Gasteiger partial charge in [-0.15, -0.1) is 0 Å². The summed E-state index contributed by atoms with van der Waals surface area (Å²) in [7, 11) is 0. The molecule has 102 valence electrons. The number of hydrogen-bond acceptors (Lipinski definition) is 2. The first kappa shape index (κ1) is 14.0. The monoisotopic (exact) mass is 266 g/mol. The third-order valence-corrected chi connectivity index (χ3v) is 3.09. The molecule has 0 spiro atoms. The van der Waals surface area contributed by atoms with E-state index in [2.05, 4.69) is 16.0 Å². The highest BCUT2D eigenvalue weighted by Gasteiger charge is 2.04.